The number of aliphatic carboxylic acids is 1. The Morgan fingerprint density at radius 2 is 2.47 bits per heavy atom. The van der Waals surface area contributed by atoms with E-state index in [4.69, 9.17) is 5.11 Å². The molecular formula is C10H15N5O3S. The van der Waals surface area contributed by atoms with E-state index in [1.165, 1.54) is 23.0 Å². The number of carboxylic acid groups (broad SMARTS) is 1. The minimum absolute atomic E-state index is 0.324. The number of nitrogens with zero attached hydrogens (tertiary/aromatic N) is 3. The van der Waals surface area contributed by atoms with Gasteiger partial charge in [0.2, 0.25) is 0 Å². The Morgan fingerprint density at radius 3 is 3.16 bits per heavy atom. The molecule has 0 saturated carbocycles. The Bertz CT molecular complexity index is 438. The van der Waals surface area contributed by atoms with Gasteiger partial charge < -0.3 is 15.3 Å². The monoisotopic (exact) mass is 285 g/mol. The molecule has 1 unspecified atom stereocenters. The Labute approximate surface area is 114 Å². The number of carbonyl (C=O) groups excluding carboxylic acids is 1. The maximum absolute atomic E-state index is 11.8. The fourth-order valence-electron chi connectivity index (χ4n) is 1.75. The summed E-state index contributed by atoms with van der Waals surface area (Å²) in [5.41, 5.74) is 0. The number of nitrogens with one attached hydrogen (secondary N) is 2. The summed E-state index contributed by atoms with van der Waals surface area (Å²) in [6.45, 7) is 0.479. The van der Waals surface area contributed by atoms with Crippen LogP contribution in [0.2, 0.25) is 0 Å². The average molecular weight is 285 g/mol. The molecule has 1 aliphatic heterocycles. The number of H-pyrrole nitrogens is 1. The van der Waals surface area contributed by atoms with Gasteiger partial charge >= 0.3 is 12.0 Å². The van der Waals surface area contributed by atoms with Gasteiger partial charge in [-0.15, -0.1) is 11.8 Å². The van der Waals surface area contributed by atoms with Crippen LogP contribution in [0, 0.1) is 0 Å². The molecule has 1 saturated heterocycles. The summed E-state index contributed by atoms with van der Waals surface area (Å²) in [5.74, 6) is 0.683. The lowest BCUT2D eigenvalue weighted by molar-refractivity contribution is -0.140. The maximum atomic E-state index is 11.8. The summed E-state index contributed by atoms with van der Waals surface area (Å²) in [4.78, 5) is 28.1. The van der Waals surface area contributed by atoms with Crippen LogP contribution in [0.4, 0.5) is 4.79 Å². The normalized spacial score (nSPS) is 18.5. The number of aromatic nitrogens is 3. The van der Waals surface area contributed by atoms with Crippen molar-refractivity contribution in [3.8, 4) is 0 Å². The molecule has 2 amide bonds. The molecule has 8 nitrogen and oxygen atoms in total. The van der Waals surface area contributed by atoms with Crippen LogP contribution >= 0.6 is 11.8 Å². The molecule has 2 heterocycles. The molecule has 1 atom stereocenters. The SMILES string of the molecule is O=C(O)C1CSCN1C(=O)NCCCc1ncn[nH]1. The molecule has 0 radical (unpaired) electrons. The van der Waals surface area contributed by atoms with E-state index in [2.05, 4.69) is 20.5 Å². The largest absolute Gasteiger partial charge is 0.480 e. The van der Waals surface area contributed by atoms with E-state index in [0.717, 1.165) is 12.2 Å². The Hall–Kier alpha value is -1.77. The Morgan fingerprint density at radius 1 is 1.63 bits per heavy atom. The first kappa shape index (κ1) is 13.7. The van der Waals surface area contributed by atoms with Gasteiger partial charge in [-0.3, -0.25) is 5.10 Å². The van der Waals surface area contributed by atoms with Crippen LogP contribution in [0.3, 0.4) is 0 Å². The van der Waals surface area contributed by atoms with Crippen LogP contribution in [-0.4, -0.2) is 61.4 Å². The molecule has 19 heavy (non-hydrogen) atoms. The number of aromatic amines is 1. The van der Waals surface area contributed by atoms with Crippen molar-refractivity contribution < 1.29 is 14.7 Å². The summed E-state index contributed by atoms with van der Waals surface area (Å²) in [6.07, 6.45) is 2.85. The van der Waals surface area contributed by atoms with Crippen molar-refractivity contribution in [2.75, 3.05) is 18.2 Å². The molecule has 9 heteroatoms. The van der Waals surface area contributed by atoms with E-state index >= 15 is 0 Å². The van der Waals surface area contributed by atoms with Crippen LogP contribution in [0.1, 0.15) is 12.2 Å². The number of rotatable bonds is 5. The van der Waals surface area contributed by atoms with Gasteiger partial charge in [-0.05, 0) is 6.42 Å². The number of aryl methyl sites for hydroxylation is 1. The van der Waals surface area contributed by atoms with Crippen LogP contribution in [0.15, 0.2) is 6.33 Å². The summed E-state index contributed by atoms with van der Waals surface area (Å²) in [5, 5.41) is 18.2. The first-order chi connectivity index (χ1) is 9.18. The summed E-state index contributed by atoms with van der Waals surface area (Å²) < 4.78 is 0. The van der Waals surface area contributed by atoms with E-state index in [9.17, 15) is 9.59 Å². The molecule has 1 aromatic heterocycles. The summed E-state index contributed by atoms with van der Waals surface area (Å²) >= 11 is 1.45. The highest BCUT2D eigenvalue weighted by Gasteiger charge is 2.34. The van der Waals surface area contributed by atoms with Crippen molar-refractivity contribution in [3.63, 3.8) is 0 Å². The highest BCUT2D eigenvalue weighted by atomic mass is 32.2. The molecule has 3 N–H and O–H groups in total. The maximum Gasteiger partial charge on any atom is 0.327 e. The van der Waals surface area contributed by atoms with E-state index in [1.807, 2.05) is 0 Å². The molecule has 1 fully saturated rings. The lowest BCUT2D eigenvalue weighted by Crippen LogP contribution is -2.47. The van der Waals surface area contributed by atoms with Gasteiger partial charge in [-0.2, -0.15) is 5.10 Å². The Kier molecular flexibility index (Phi) is 4.61. The second-order valence-corrected chi connectivity index (χ2v) is 5.09. The lowest BCUT2D eigenvalue weighted by atomic mass is 10.3. The van der Waals surface area contributed by atoms with Crippen molar-refractivity contribution in [1.29, 1.82) is 0 Å². The topological polar surface area (TPSA) is 111 Å². The third-order valence-corrected chi connectivity index (χ3v) is 3.77. The summed E-state index contributed by atoms with van der Waals surface area (Å²) in [7, 11) is 0. The molecule has 0 aromatic carbocycles. The standard InChI is InChI=1S/C10H15N5O3S/c16-9(17)7-4-19-6-15(7)10(18)11-3-1-2-8-12-5-13-14-8/h5,7H,1-4,6H2,(H,11,18)(H,16,17)(H,12,13,14). The van der Waals surface area contributed by atoms with Crippen LogP contribution < -0.4 is 5.32 Å². The van der Waals surface area contributed by atoms with E-state index < -0.39 is 12.0 Å². The molecular weight excluding hydrogens is 270 g/mol. The van der Waals surface area contributed by atoms with Crippen LogP contribution in [-0.2, 0) is 11.2 Å². The van der Waals surface area contributed by atoms with Gasteiger partial charge in [0.15, 0.2) is 0 Å². The van der Waals surface area contributed by atoms with Crippen LogP contribution in [0.5, 0.6) is 0 Å². The third kappa shape index (κ3) is 3.60. The molecule has 0 aliphatic carbocycles. The first-order valence-electron chi connectivity index (χ1n) is 5.87. The van der Waals surface area contributed by atoms with Crippen molar-refractivity contribution in [2.24, 2.45) is 0 Å². The van der Waals surface area contributed by atoms with Crippen molar-refractivity contribution in [3.05, 3.63) is 12.2 Å². The average Bonchev–Trinajstić information content (AvgIpc) is 3.04. The van der Waals surface area contributed by atoms with E-state index in [0.29, 0.717) is 24.6 Å². The molecule has 1 aliphatic rings. The second-order valence-electron chi connectivity index (χ2n) is 4.09. The summed E-state index contributed by atoms with van der Waals surface area (Å²) in [6, 6.07) is -1.05. The zero-order valence-corrected chi connectivity index (χ0v) is 11.0. The minimum Gasteiger partial charge on any atom is -0.480 e. The number of amides is 2. The van der Waals surface area contributed by atoms with Gasteiger partial charge in [0.25, 0.3) is 0 Å². The van der Waals surface area contributed by atoms with Crippen LogP contribution in [0.25, 0.3) is 0 Å². The Balaban J connectivity index is 1.70. The zero-order chi connectivity index (χ0) is 13.7. The zero-order valence-electron chi connectivity index (χ0n) is 10.2. The van der Waals surface area contributed by atoms with E-state index in [-0.39, 0.29) is 6.03 Å². The highest BCUT2D eigenvalue weighted by molar-refractivity contribution is 7.99. The number of carboxylic acids is 1. The number of carbonyl (C=O) groups is 2. The van der Waals surface area contributed by atoms with Crippen molar-refractivity contribution in [2.45, 2.75) is 18.9 Å². The number of urea groups is 1. The van der Waals surface area contributed by atoms with Crippen molar-refractivity contribution >= 4 is 23.8 Å². The second kappa shape index (κ2) is 6.41. The van der Waals surface area contributed by atoms with Gasteiger partial charge in [-0.1, -0.05) is 0 Å². The predicted octanol–water partition coefficient (Wildman–Crippen LogP) is -0.0936. The molecule has 2 rings (SSSR count). The van der Waals surface area contributed by atoms with Gasteiger partial charge in [-0.25, -0.2) is 14.6 Å². The van der Waals surface area contributed by atoms with E-state index in [1.54, 1.807) is 0 Å². The molecule has 0 bridgehead atoms. The number of hydrogen-bond acceptors (Lipinski definition) is 5. The highest BCUT2D eigenvalue weighted by Crippen LogP contribution is 2.20. The minimum atomic E-state index is -0.957. The number of hydrogen-bond donors (Lipinski definition) is 3. The van der Waals surface area contributed by atoms with Crippen molar-refractivity contribution in [1.82, 2.24) is 25.4 Å². The lowest BCUT2D eigenvalue weighted by Gasteiger charge is -2.20. The number of thioether (sulfide) groups is 1. The molecule has 1 aromatic rings. The quantitative estimate of drug-likeness (QED) is 0.652. The fourth-order valence-corrected chi connectivity index (χ4v) is 2.90. The molecule has 104 valence electrons. The third-order valence-electron chi connectivity index (χ3n) is 2.76. The first-order valence-corrected chi connectivity index (χ1v) is 7.03. The predicted molar refractivity (Wildman–Crippen MR) is 68.7 cm³/mol. The van der Waals surface area contributed by atoms with Gasteiger partial charge in [0, 0.05) is 18.7 Å². The van der Waals surface area contributed by atoms with Gasteiger partial charge in [0.05, 0.1) is 5.88 Å². The molecule has 0 spiro atoms. The smallest absolute Gasteiger partial charge is 0.327 e. The van der Waals surface area contributed by atoms with Gasteiger partial charge in [0.1, 0.15) is 18.2 Å². The fraction of sp³-hybridized carbons (Fsp3) is 0.600.